The van der Waals surface area contributed by atoms with Gasteiger partial charge in [0, 0.05) is 28.9 Å². The van der Waals surface area contributed by atoms with Crippen LogP contribution in [0.2, 0.25) is 5.02 Å². The van der Waals surface area contributed by atoms with E-state index in [1.165, 1.54) is 0 Å². The Hall–Kier alpha value is -2.07. The van der Waals surface area contributed by atoms with Crippen molar-refractivity contribution < 1.29 is 0 Å². The van der Waals surface area contributed by atoms with E-state index in [9.17, 15) is 0 Å². The van der Waals surface area contributed by atoms with Crippen LogP contribution in [0.3, 0.4) is 0 Å². The molecule has 0 bridgehead atoms. The van der Waals surface area contributed by atoms with Crippen LogP contribution in [0.1, 0.15) is 0 Å². The maximum atomic E-state index is 6.20. The van der Waals surface area contributed by atoms with Crippen LogP contribution in [0.15, 0.2) is 36.7 Å². The molecule has 0 spiro atoms. The number of fused-ring (bicyclic) bond motifs is 1. The van der Waals surface area contributed by atoms with E-state index in [1.54, 1.807) is 6.20 Å². The first-order chi connectivity index (χ1) is 8.25. The van der Waals surface area contributed by atoms with Crippen molar-refractivity contribution in [2.24, 2.45) is 0 Å². The van der Waals surface area contributed by atoms with Gasteiger partial charge in [0.25, 0.3) is 0 Å². The zero-order valence-electron chi connectivity index (χ0n) is 8.81. The molecule has 4 nitrogen and oxygen atoms in total. The third-order valence-electron chi connectivity index (χ3n) is 2.61. The summed E-state index contributed by atoms with van der Waals surface area (Å²) in [7, 11) is 0. The molecule has 2 aromatic heterocycles. The number of rotatable bonds is 1. The fourth-order valence-corrected chi connectivity index (χ4v) is 2.14. The SMILES string of the molecule is Nc1nccc(-c2c[nH]c3cccc(Cl)c23)n1. The Morgan fingerprint density at radius 3 is 2.94 bits per heavy atom. The summed E-state index contributed by atoms with van der Waals surface area (Å²) >= 11 is 6.20. The Kier molecular flexibility index (Phi) is 2.23. The third-order valence-corrected chi connectivity index (χ3v) is 2.92. The van der Waals surface area contributed by atoms with Gasteiger partial charge in [-0.05, 0) is 18.2 Å². The normalized spacial score (nSPS) is 10.9. The molecular formula is C12H9ClN4. The maximum Gasteiger partial charge on any atom is 0.220 e. The second-order valence-electron chi connectivity index (χ2n) is 3.66. The summed E-state index contributed by atoms with van der Waals surface area (Å²) < 4.78 is 0. The first-order valence-electron chi connectivity index (χ1n) is 5.10. The molecule has 0 aliphatic rings. The highest BCUT2D eigenvalue weighted by Gasteiger charge is 2.10. The third kappa shape index (κ3) is 1.62. The van der Waals surface area contributed by atoms with E-state index in [1.807, 2.05) is 30.5 Å². The van der Waals surface area contributed by atoms with E-state index in [-0.39, 0.29) is 5.95 Å². The summed E-state index contributed by atoms with van der Waals surface area (Å²) in [4.78, 5) is 11.2. The number of nitrogen functional groups attached to an aromatic ring is 1. The van der Waals surface area contributed by atoms with Crippen molar-refractivity contribution in [1.29, 1.82) is 0 Å². The van der Waals surface area contributed by atoms with Crippen LogP contribution in [0.25, 0.3) is 22.2 Å². The van der Waals surface area contributed by atoms with E-state index in [0.717, 1.165) is 22.2 Å². The van der Waals surface area contributed by atoms with Crippen LogP contribution in [-0.2, 0) is 0 Å². The van der Waals surface area contributed by atoms with Crippen LogP contribution in [-0.4, -0.2) is 15.0 Å². The van der Waals surface area contributed by atoms with Gasteiger partial charge in [0.15, 0.2) is 0 Å². The zero-order chi connectivity index (χ0) is 11.8. The molecule has 0 atom stereocenters. The van der Waals surface area contributed by atoms with E-state index in [0.29, 0.717) is 5.02 Å². The van der Waals surface area contributed by atoms with Crippen LogP contribution in [0.4, 0.5) is 5.95 Å². The summed E-state index contributed by atoms with van der Waals surface area (Å²) in [5, 5.41) is 1.64. The van der Waals surface area contributed by atoms with Crippen molar-refractivity contribution in [2.45, 2.75) is 0 Å². The Balaban J connectivity index is 2.31. The van der Waals surface area contributed by atoms with Gasteiger partial charge in [-0.15, -0.1) is 0 Å². The Morgan fingerprint density at radius 1 is 1.24 bits per heavy atom. The number of anilines is 1. The predicted molar refractivity (Wildman–Crippen MR) is 68.7 cm³/mol. The van der Waals surface area contributed by atoms with Crippen molar-refractivity contribution >= 4 is 28.5 Å². The lowest BCUT2D eigenvalue weighted by Crippen LogP contribution is -1.94. The molecule has 0 aliphatic carbocycles. The van der Waals surface area contributed by atoms with E-state index >= 15 is 0 Å². The summed E-state index contributed by atoms with van der Waals surface area (Å²) in [5.74, 6) is 0.254. The van der Waals surface area contributed by atoms with E-state index < -0.39 is 0 Å². The molecule has 0 saturated heterocycles. The van der Waals surface area contributed by atoms with Gasteiger partial charge < -0.3 is 10.7 Å². The summed E-state index contributed by atoms with van der Waals surface area (Å²) in [6.07, 6.45) is 3.51. The smallest absolute Gasteiger partial charge is 0.220 e. The van der Waals surface area contributed by atoms with Crippen molar-refractivity contribution in [1.82, 2.24) is 15.0 Å². The van der Waals surface area contributed by atoms with Crippen LogP contribution in [0, 0.1) is 0 Å². The standard InChI is InChI=1S/C12H9ClN4/c13-8-2-1-3-10-11(8)7(6-16-10)9-4-5-15-12(14)17-9/h1-6,16H,(H2,14,15,17). The molecule has 0 unspecified atom stereocenters. The number of hydrogen-bond donors (Lipinski definition) is 2. The molecule has 1 aromatic carbocycles. The van der Waals surface area contributed by atoms with Gasteiger partial charge in [0.1, 0.15) is 0 Å². The lowest BCUT2D eigenvalue weighted by atomic mass is 10.1. The first-order valence-corrected chi connectivity index (χ1v) is 5.48. The van der Waals surface area contributed by atoms with E-state index in [2.05, 4.69) is 15.0 Å². The number of H-pyrrole nitrogens is 1. The Labute approximate surface area is 102 Å². The van der Waals surface area contributed by atoms with Gasteiger partial charge in [-0.25, -0.2) is 9.97 Å². The van der Waals surface area contributed by atoms with Gasteiger partial charge in [0.05, 0.1) is 10.7 Å². The minimum atomic E-state index is 0.254. The molecule has 3 rings (SSSR count). The number of nitrogens with one attached hydrogen (secondary N) is 1. The summed E-state index contributed by atoms with van der Waals surface area (Å²) in [5.41, 5.74) is 8.25. The molecule has 3 N–H and O–H groups in total. The topological polar surface area (TPSA) is 67.6 Å². The second kappa shape index (κ2) is 3.75. The molecule has 17 heavy (non-hydrogen) atoms. The number of hydrogen-bond acceptors (Lipinski definition) is 3. The summed E-state index contributed by atoms with van der Waals surface area (Å²) in [6.45, 7) is 0. The van der Waals surface area contributed by atoms with Crippen molar-refractivity contribution in [3.63, 3.8) is 0 Å². The number of aromatic nitrogens is 3. The molecule has 0 amide bonds. The molecule has 0 saturated carbocycles. The molecule has 5 heteroatoms. The molecule has 84 valence electrons. The molecule has 2 heterocycles. The van der Waals surface area contributed by atoms with Gasteiger partial charge in [-0.2, -0.15) is 0 Å². The first kappa shape index (κ1) is 10.1. The maximum absolute atomic E-state index is 6.20. The van der Waals surface area contributed by atoms with Crippen LogP contribution in [0.5, 0.6) is 0 Å². The van der Waals surface area contributed by atoms with E-state index in [4.69, 9.17) is 17.3 Å². The van der Waals surface area contributed by atoms with Gasteiger partial charge in [0.2, 0.25) is 5.95 Å². The highest BCUT2D eigenvalue weighted by atomic mass is 35.5. The van der Waals surface area contributed by atoms with Gasteiger partial charge in [-0.3, -0.25) is 0 Å². The highest BCUT2D eigenvalue weighted by Crippen LogP contribution is 2.32. The average molecular weight is 245 g/mol. The fourth-order valence-electron chi connectivity index (χ4n) is 1.87. The number of nitrogens with two attached hydrogens (primary N) is 1. The molecule has 0 fully saturated rings. The van der Waals surface area contributed by atoms with Gasteiger partial charge in [-0.1, -0.05) is 17.7 Å². The Morgan fingerprint density at radius 2 is 2.12 bits per heavy atom. The Bertz CT molecular complexity index is 690. The predicted octanol–water partition coefficient (Wildman–Crippen LogP) is 2.86. The number of nitrogens with zero attached hydrogens (tertiary/aromatic N) is 2. The van der Waals surface area contributed by atoms with Crippen molar-refractivity contribution in [3.8, 4) is 11.3 Å². The molecule has 0 radical (unpaired) electrons. The van der Waals surface area contributed by atoms with Gasteiger partial charge >= 0.3 is 0 Å². The molecule has 0 aliphatic heterocycles. The largest absolute Gasteiger partial charge is 0.368 e. The second-order valence-corrected chi connectivity index (χ2v) is 4.07. The van der Waals surface area contributed by atoms with Crippen molar-refractivity contribution in [2.75, 3.05) is 5.73 Å². The molecule has 3 aromatic rings. The summed E-state index contributed by atoms with van der Waals surface area (Å²) in [6, 6.07) is 7.53. The van der Waals surface area contributed by atoms with Crippen LogP contribution >= 0.6 is 11.6 Å². The number of aromatic amines is 1. The van der Waals surface area contributed by atoms with Crippen LogP contribution < -0.4 is 5.73 Å². The monoisotopic (exact) mass is 244 g/mol. The quantitative estimate of drug-likeness (QED) is 0.692. The minimum Gasteiger partial charge on any atom is -0.368 e. The molecular weight excluding hydrogens is 236 g/mol. The fraction of sp³-hybridized carbons (Fsp3) is 0. The highest BCUT2D eigenvalue weighted by molar-refractivity contribution is 6.36. The minimum absolute atomic E-state index is 0.254. The lowest BCUT2D eigenvalue weighted by molar-refractivity contribution is 1.19. The number of benzene rings is 1. The zero-order valence-corrected chi connectivity index (χ0v) is 9.57. The van der Waals surface area contributed by atoms with Crippen molar-refractivity contribution in [3.05, 3.63) is 41.7 Å². The average Bonchev–Trinajstić information content (AvgIpc) is 2.74. The number of halogens is 1. The lowest BCUT2D eigenvalue weighted by Gasteiger charge is -2.00.